The molecular weight excluding hydrogens is 276 g/mol. The van der Waals surface area contributed by atoms with Gasteiger partial charge >= 0.3 is 0 Å². The van der Waals surface area contributed by atoms with Crippen molar-refractivity contribution in [2.24, 2.45) is 11.5 Å². The van der Waals surface area contributed by atoms with Crippen LogP contribution in [0, 0.1) is 5.41 Å². The Hall–Kier alpha value is -0.950. The lowest BCUT2D eigenvalue weighted by molar-refractivity contribution is 0.480. The third kappa shape index (κ3) is 25.4. The fourth-order valence-electron chi connectivity index (χ4n) is 0.464. The van der Waals surface area contributed by atoms with Gasteiger partial charge in [0.15, 0.2) is 5.96 Å². The topological polar surface area (TPSA) is 197 Å². The summed E-state index contributed by atoms with van der Waals surface area (Å²) < 4.78 is 55.5. The van der Waals surface area contributed by atoms with E-state index in [0.29, 0.717) is 0 Å². The van der Waals surface area contributed by atoms with Gasteiger partial charge in [-0.15, -0.1) is 0 Å². The normalized spacial score (nSPS) is 11.2. The van der Waals surface area contributed by atoms with Gasteiger partial charge in [0.1, 0.15) is 0 Å². The summed E-state index contributed by atoms with van der Waals surface area (Å²) in [4.78, 5) is 0. The lowest BCUT2D eigenvalue weighted by atomic mass is 10.7. The monoisotopic (exact) mass is 292 g/mol. The Morgan fingerprint density at radius 2 is 1.53 bits per heavy atom. The molecule has 8 N–H and O–H groups in total. The average Bonchev–Trinajstić information content (AvgIpc) is 1.98. The smallest absolute Gasteiger partial charge is 0.266 e. The molecule has 0 amide bonds. The van der Waals surface area contributed by atoms with E-state index < -0.39 is 26.0 Å². The summed E-state index contributed by atoms with van der Waals surface area (Å²) in [6.45, 7) is -0.0764. The van der Waals surface area contributed by atoms with Crippen molar-refractivity contribution < 1.29 is 25.9 Å². The van der Waals surface area contributed by atoms with Crippen molar-refractivity contribution in [3.05, 3.63) is 0 Å². The fourth-order valence-corrected chi connectivity index (χ4v) is 1.12. The summed E-state index contributed by atoms with van der Waals surface area (Å²) in [6, 6.07) is 0. The van der Waals surface area contributed by atoms with E-state index >= 15 is 0 Å². The van der Waals surface area contributed by atoms with E-state index in [0.717, 1.165) is 0 Å². The van der Waals surface area contributed by atoms with E-state index in [1.807, 2.05) is 0 Å². The highest BCUT2D eigenvalue weighted by molar-refractivity contribution is 7.86. The van der Waals surface area contributed by atoms with Gasteiger partial charge in [0.05, 0.1) is 11.5 Å². The van der Waals surface area contributed by atoms with Crippen LogP contribution < -0.4 is 16.8 Å². The van der Waals surface area contributed by atoms with Gasteiger partial charge in [0.25, 0.3) is 20.2 Å². The molecule has 10 nitrogen and oxygen atoms in total. The number of nitrogens with two attached hydrogens (primary N) is 2. The maximum Gasteiger partial charge on any atom is 0.266 e. The summed E-state index contributed by atoms with van der Waals surface area (Å²) in [6.07, 6.45) is 0. The Bertz CT molecular complexity index is 416. The third-order valence-corrected chi connectivity index (χ3v) is 2.52. The zero-order valence-electron chi connectivity index (χ0n) is 8.83. The molecule has 0 spiro atoms. The standard InChI is InChI=1S/C3H9N3O3S.C2H7NO3S/c4-3(5)6-1-2-10(7,8)9;3-1-2-7(4,5)6/h1-2H2,(H4,4,5,6)(H,7,8,9);1-3H2,(H,4,5,6). The van der Waals surface area contributed by atoms with Crippen molar-refractivity contribution in [2.75, 3.05) is 24.6 Å². The van der Waals surface area contributed by atoms with E-state index in [4.69, 9.17) is 26.0 Å². The third-order valence-electron chi connectivity index (χ3n) is 1.05. The molecule has 12 heteroatoms. The first-order valence-electron chi connectivity index (χ1n) is 4.16. The minimum atomic E-state index is -3.93. The Kier molecular flexibility index (Phi) is 8.87. The molecule has 0 rings (SSSR count). The van der Waals surface area contributed by atoms with Crippen LogP contribution in [0.5, 0.6) is 0 Å². The molecule has 0 saturated carbocycles. The maximum atomic E-state index is 10.0. The molecule has 0 aliphatic carbocycles. The minimum Gasteiger partial charge on any atom is -0.370 e. The van der Waals surface area contributed by atoms with Crippen LogP contribution in [0.2, 0.25) is 0 Å². The fraction of sp³-hybridized carbons (Fsp3) is 0.800. The molecule has 0 bridgehead atoms. The zero-order chi connectivity index (χ0) is 14.1. The molecule has 0 aliphatic rings. The number of hydrogen-bond donors (Lipinski definition) is 6. The lowest BCUT2D eigenvalue weighted by Gasteiger charge is -1.99. The molecule has 104 valence electrons. The molecule has 0 aliphatic heterocycles. The summed E-state index contributed by atoms with van der Waals surface area (Å²) in [7, 11) is -7.73. The molecule has 0 aromatic carbocycles. The molecule has 0 unspecified atom stereocenters. The predicted octanol–water partition coefficient (Wildman–Crippen LogP) is -2.81. The number of rotatable bonds is 5. The number of guanidine groups is 1. The summed E-state index contributed by atoms with van der Waals surface area (Å²) in [5.74, 6) is -1.11. The first-order valence-corrected chi connectivity index (χ1v) is 7.38. The molecule has 0 heterocycles. The predicted molar refractivity (Wildman–Crippen MR) is 61.8 cm³/mol. The van der Waals surface area contributed by atoms with Crippen molar-refractivity contribution in [2.45, 2.75) is 0 Å². The minimum absolute atomic E-state index is 0.0289. The van der Waals surface area contributed by atoms with E-state index in [9.17, 15) is 16.8 Å². The van der Waals surface area contributed by atoms with E-state index in [2.05, 4.69) is 5.32 Å². The number of nitrogens with one attached hydrogen (secondary N) is 2. The summed E-state index contributed by atoms with van der Waals surface area (Å²) in [5, 5.41) is 8.82. The molecule has 0 fully saturated rings. The zero-order valence-corrected chi connectivity index (χ0v) is 10.5. The van der Waals surface area contributed by atoms with Crippen LogP contribution >= 0.6 is 0 Å². The molecule has 0 saturated heterocycles. The largest absolute Gasteiger partial charge is 0.370 e. The van der Waals surface area contributed by atoms with Crippen molar-refractivity contribution in [3.63, 3.8) is 0 Å². The van der Waals surface area contributed by atoms with E-state index in [1.165, 1.54) is 0 Å². The second-order valence-electron chi connectivity index (χ2n) is 2.70. The van der Waals surface area contributed by atoms with E-state index in [1.54, 1.807) is 0 Å². The summed E-state index contributed by atoms with van der Waals surface area (Å²) >= 11 is 0. The van der Waals surface area contributed by atoms with Crippen LogP contribution in [-0.4, -0.2) is 56.5 Å². The van der Waals surface area contributed by atoms with Gasteiger partial charge < -0.3 is 16.8 Å². The van der Waals surface area contributed by atoms with Crippen LogP contribution in [0.4, 0.5) is 0 Å². The number of hydrogen-bond acceptors (Lipinski definition) is 6. The maximum absolute atomic E-state index is 10.0. The molecular formula is C5H16N4O6S2. The van der Waals surface area contributed by atoms with Gasteiger partial charge in [-0.2, -0.15) is 16.8 Å². The van der Waals surface area contributed by atoms with Crippen LogP contribution in [0.1, 0.15) is 0 Å². The van der Waals surface area contributed by atoms with Gasteiger partial charge in [0.2, 0.25) is 0 Å². The second kappa shape index (κ2) is 8.19. The highest BCUT2D eigenvalue weighted by Crippen LogP contribution is 1.77. The molecule has 0 aromatic rings. The van der Waals surface area contributed by atoms with Crippen molar-refractivity contribution in [3.8, 4) is 0 Å². The van der Waals surface area contributed by atoms with E-state index in [-0.39, 0.29) is 24.8 Å². The van der Waals surface area contributed by atoms with Gasteiger partial charge in [-0.3, -0.25) is 14.5 Å². The van der Waals surface area contributed by atoms with Crippen molar-refractivity contribution >= 4 is 26.2 Å². The first-order chi connectivity index (χ1) is 7.48. The summed E-state index contributed by atoms with van der Waals surface area (Å²) in [5.41, 5.74) is 9.59. The van der Waals surface area contributed by atoms with Crippen LogP contribution in [0.3, 0.4) is 0 Å². The molecule has 0 radical (unpaired) electrons. The van der Waals surface area contributed by atoms with Crippen LogP contribution in [-0.2, 0) is 20.2 Å². The van der Waals surface area contributed by atoms with Gasteiger partial charge in [-0.1, -0.05) is 0 Å². The first kappa shape index (κ1) is 18.4. The Morgan fingerprint density at radius 3 is 1.71 bits per heavy atom. The SMILES string of the molecule is N=C(N)NCCS(=O)(=O)O.NCCS(=O)(=O)O. The highest BCUT2D eigenvalue weighted by atomic mass is 32.2. The molecule has 17 heavy (non-hydrogen) atoms. The van der Waals surface area contributed by atoms with Crippen molar-refractivity contribution in [1.82, 2.24) is 5.32 Å². The molecule has 0 aromatic heterocycles. The van der Waals surface area contributed by atoms with Gasteiger partial charge in [0, 0.05) is 13.1 Å². The Morgan fingerprint density at radius 1 is 1.12 bits per heavy atom. The second-order valence-corrected chi connectivity index (χ2v) is 5.85. The Balaban J connectivity index is 0. The lowest BCUT2D eigenvalue weighted by Crippen LogP contribution is -2.33. The Labute approximate surface area is 99.4 Å². The van der Waals surface area contributed by atoms with Gasteiger partial charge in [-0.05, 0) is 0 Å². The van der Waals surface area contributed by atoms with Crippen LogP contribution in [0.15, 0.2) is 0 Å². The van der Waals surface area contributed by atoms with Gasteiger partial charge in [-0.25, -0.2) is 0 Å². The molecule has 0 atom stereocenters. The highest BCUT2D eigenvalue weighted by Gasteiger charge is 2.02. The van der Waals surface area contributed by atoms with Crippen LogP contribution in [0.25, 0.3) is 0 Å². The quantitative estimate of drug-likeness (QED) is 0.176. The average molecular weight is 292 g/mol. The van der Waals surface area contributed by atoms with Crippen molar-refractivity contribution in [1.29, 1.82) is 5.41 Å².